The Bertz CT molecular complexity index is 444. The van der Waals surface area contributed by atoms with Crippen molar-refractivity contribution >= 4 is 21.7 Å². The Labute approximate surface area is 107 Å². The van der Waals surface area contributed by atoms with Crippen LogP contribution in [0.2, 0.25) is 0 Å². The molecule has 0 bridgehead atoms. The van der Waals surface area contributed by atoms with Crippen LogP contribution in [0.3, 0.4) is 0 Å². The van der Waals surface area contributed by atoms with Crippen LogP contribution in [0.15, 0.2) is 0 Å². The highest BCUT2D eigenvalue weighted by molar-refractivity contribution is 7.91. The number of hydrogen-bond acceptors (Lipinski definition) is 4. The molecule has 1 aliphatic heterocycles. The number of sulfone groups is 1. The van der Waals surface area contributed by atoms with Gasteiger partial charge in [-0.2, -0.15) is 0 Å². The number of aliphatic carboxylic acids is 1. The SMILES string of the molecule is CCCC1(C(=O)O)CCN(C(=O)CS(C)(=O)=O)C1. The van der Waals surface area contributed by atoms with Crippen molar-refractivity contribution in [2.24, 2.45) is 5.41 Å². The predicted molar refractivity (Wildman–Crippen MR) is 65.9 cm³/mol. The molecule has 0 aromatic rings. The summed E-state index contributed by atoms with van der Waals surface area (Å²) in [7, 11) is -3.37. The molecule has 1 atom stereocenters. The van der Waals surface area contributed by atoms with Crippen LogP contribution in [0.1, 0.15) is 26.2 Å². The number of rotatable bonds is 5. The smallest absolute Gasteiger partial charge is 0.311 e. The minimum Gasteiger partial charge on any atom is -0.481 e. The first-order valence-corrected chi connectivity index (χ1v) is 7.95. The van der Waals surface area contributed by atoms with E-state index in [1.165, 1.54) is 4.90 Å². The van der Waals surface area contributed by atoms with Crippen molar-refractivity contribution in [3.8, 4) is 0 Å². The lowest BCUT2D eigenvalue weighted by Crippen LogP contribution is -2.38. The molecule has 0 aliphatic carbocycles. The monoisotopic (exact) mass is 277 g/mol. The molecule has 6 nitrogen and oxygen atoms in total. The van der Waals surface area contributed by atoms with Crippen LogP contribution in [-0.2, 0) is 19.4 Å². The van der Waals surface area contributed by atoms with Crippen LogP contribution in [0.5, 0.6) is 0 Å². The van der Waals surface area contributed by atoms with Gasteiger partial charge in [-0.05, 0) is 12.8 Å². The molecule has 18 heavy (non-hydrogen) atoms. The maximum absolute atomic E-state index is 11.7. The minimum atomic E-state index is -3.37. The molecular formula is C11H19NO5S. The lowest BCUT2D eigenvalue weighted by atomic mass is 9.83. The van der Waals surface area contributed by atoms with Gasteiger partial charge in [-0.15, -0.1) is 0 Å². The zero-order valence-electron chi connectivity index (χ0n) is 10.7. The van der Waals surface area contributed by atoms with Gasteiger partial charge in [0.1, 0.15) is 5.75 Å². The van der Waals surface area contributed by atoms with Crippen molar-refractivity contribution < 1.29 is 23.1 Å². The summed E-state index contributed by atoms with van der Waals surface area (Å²) in [6.07, 6.45) is 2.62. The molecule has 1 amide bonds. The molecule has 0 spiro atoms. The van der Waals surface area contributed by atoms with Crippen LogP contribution in [0.25, 0.3) is 0 Å². The Kier molecular flexibility index (Phi) is 4.37. The quantitative estimate of drug-likeness (QED) is 0.771. The van der Waals surface area contributed by atoms with E-state index < -0.39 is 32.9 Å². The number of carbonyl (C=O) groups excluding carboxylic acids is 1. The Morgan fingerprint density at radius 3 is 2.44 bits per heavy atom. The molecule has 1 heterocycles. The van der Waals surface area contributed by atoms with Gasteiger partial charge in [0.2, 0.25) is 5.91 Å². The maximum atomic E-state index is 11.7. The van der Waals surface area contributed by atoms with Gasteiger partial charge in [0.15, 0.2) is 9.84 Å². The van der Waals surface area contributed by atoms with Crippen LogP contribution in [-0.4, -0.2) is 55.4 Å². The van der Waals surface area contributed by atoms with E-state index in [0.29, 0.717) is 19.4 Å². The van der Waals surface area contributed by atoms with E-state index in [1.807, 2.05) is 6.92 Å². The normalized spacial score (nSPS) is 24.2. The largest absolute Gasteiger partial charge is 0.481 e. The fourth-order valence-electron chi connectivity index (χ4n) is 2.36. The molecule has 0 radical (unpaired) electrons. The van der Waals surface area contributed by atoms with Crippen molar-refractivity contribution in [1.82, 2.24) is 4.90 Å². The van der Waals surface area contributed by atoms with E-state index >= 15 is 0 Å². The first-order valence-electron chi connectivity index (χ1n) is 5.89. The Morgan fingerprint density at radius 2 is 2.00 bits per heavy atom. The van der Waals surface area contributed by atoms with Gasteiger partial charge in [-0.1, -0.05) is 13.3 Å². The van der Waals surface area contributed by atoms with Gasteiger partial charge in [0.05, 0.1) is 5.41 Å². The third-order valence-corrected chi connectivity index (χ3v) is 4.05. The molecule has 1 unspecified atom stereocenters. The summed E-state index contributed by atoms with van der Waals surface area (Å²) in [6.45, 7) is 2.33. The number of nitrogens with zero attached hydrogens (tertiary/aromatic N) is 1. The third kappa shape index (κ3) is 3.44. The zero-order chi connectivity index (χ0) is 14.0. The van der Waals surface area contributed by atoms with Gasteiger partial charge >= 0.3 is 5.97 Å². The summed E-state index contributed by atoms with van der Waals surface area (Å²) in [5.41, 5.74) is -0.901. The predicted octanol–water partition coefficient (Wildman–Crippen LogP) is 0.134. The van der Waals surface area contributed by atoms with Gasteiger partial charge in [0.25, 0.3) is 0 Å². The van der Waals surface area contributed by atoms with E-state index in [0.717, 1.165) is 12.7 Å². The highest BCUT2D eigenvalue weighted by atomic mass is 32.2. The molecule has 0 aromatic heterocycles. The highest BCUT2D eigenvalue weighted by Gasteiger charge is 2.45. The summed E-state index contributed by atoms with van der Waals surface area (Å²) in [5, 5.41) is 9.27. The molecule has 7 heteroatoms. The van der Waals surface area contributed by atoms with Crippen LogP contribution < -0.4 is 0 Å². The second-order valence-corrected chi connectivity index (χ2v) is 7.11. The Balaban J connectivity index is 2.75. The lowest BCUT2D eigenvalue weighted by molar-refractivity contribution is -0.148. The summed E-state index contributed by atoms with van der Waals surface area (Å²) < 4.78 is 22.1. The molecule has 1 N–H and O–H groups in total. The van der Waals surface area contributed by atoms with E-state index in [1.54, 1.807) is 0 Å². The highest BCUT2D eigenvalue weighted by Crippen LogP contribution is 2.35. The van der Waals surface area contributed by atoms with E-state index in [9.17, 15) is 23.1 Å². The number of carboxylic acid groups (broad SMARTS) is 1. The fraction of sp³-hybridized carbons (Fsp3) is 0.818. The standard InChI is InChI=1S/C11H19NO5S/c1-3-4-11(10(14)15)5-6-12(8-11)9(13)7-18(2,16)17/h3-8H2,1-2H3,(H,14,15). The van der Waals surface area contributed by atoms with E-state index in [2.05, 4.69) is 0 Å². The van der Waals surface area contributed by atoms with Crippen molar-refractivity contribution in [3.05, 3.63) is 0 Å². The third-order valence-electron chi connectivity index (χ3n) is 3.27. The molecule has 1 fully saturated rings. The summed E-state index contributed by atoms with van der Waals surface area (Å²) >= 11 is 0. The molecule has 0 saturated carbocycles. The fourth-order valence-corrected chi connectivity index (χ4v) is 3.00. The second-order valence-electron chi connectivity index (χ2n) is 4.97. The summed E-state index contributed by atoms with van der Waals surface area (Å²) in [6, 6.07) is 0. The molecule has 104 valence electrons. The van der Waals surface area contributed by atoms with Gasteiger partial charge < -0.3 is 10.0 Å². The first-order chi connectivity index (χ1) is 8.20. The van der Waals surface area contributed by atoms with Crippen LogP contribution in [0.4, 0.5) is 0 Å². The van der Waals surface area contributed by atoms with Gasteiger partial charge in [-0.25, -0.2) is 8.42 Å². The average molecular weight is 277 g/mol. The maximum Gasteiger partial charge on any atom is 0.311 e. The van der Waals surface area contributed by atoms with Crippen molar-refractivity contribution in [2.75, 3.05) is 25.1 Å². The molecule has 1 aliphatic rings. The van der Waals surface area contributed by atoms with Crippen molar-refractivity contribution in [3.63, 3.8) is 0 Å². The van der Waals surface area contributed by atoms with Crippen molar-refractivity contribution in [1.29, 1.82) is 0 Å². The molecule has 1 saturated heterocycles. The van der Waals surface area contributed by atoms with Gasteiger partial charge in [0, 0.05) is 19.3 Å². The Hall–Kier alpha value is -1.11. The molecular weight excluding hydrogens is 258 g/mol. The summed E-state index contributed by atoms with van der Waals surface area (Å²) in [5.74, 6) is -1.95. The number of carbonyl (C=O) groups is 2. The minimum absolute atomic E-state index is 0.116. The molecule has 1 rings (SSSR count). The first kappa shape index (κ1) is 14.9. The van der Waals surface area contributed by atoms with E-state index in [-0.39, 0.29) is 6.54 Å². The zero-order valence-corrected chi connectivity index (χ0v) is 11.5. The van der Waals surface area contributed by atoms with Crippen LogP contribution >= 0.6 is 0 Å². The number of likely N-dealkylation sites (tertiary alicyclic amines) is 1. The van der Waals surface area contributed by atoms with E-state index in [4.69, 9.17) is 0 Å². The average Bonchev–Trinajstić information content (AvgIpc) is 2.61. The lowest BCUT2D eigenvalue weighted by Gasteiger charge is -2.24. The van der Waals surface area contributed by atoms with Crippen molar-refractivity contribution in [2.45, 2.75) is 26.2 Å². The second kappa shape index (κ2) is 5.26. The van der Waals surface area contributed by atoms with Crippen LogP contribution in [0, 0.1) is 5.41 Å². The number of hydrogen-bond donors (Lipinski definition) is 1. The van der Waals surface area contributed by atoms with Gasteiger partial charge in [-0.3, -0.25) is 9.59 Å². The molecule has 0 aromatic carbocycles. The number of carboxylic acids is 1. The Morgan fingerprint density at radius 1 is 1.39 bits per heavy atom. The number of amides is 1. The summed E-state index contributed by atoms with van der Waals surface area (Å²) in [4.78, 5) is 24.4. The topological polar surface area (TPSA) is 91.8 Å².